The Morgan fingerprint density at radius 1 is 1.38 bits per heavy atom. The Bertz CT molecular complexity index is 541. The van der Waals surface area contributed by atoms with E-state index in [9.17, 15) is 18.0 Å². The minimum atomic E-state index is -3.28. The van der Waals surface area contributed by atoms with Crippen molar-refractivity contribution < 1.29 is 23.1 Å². The zero-order valence-corrected chi connectivity index (χ0v) is 12.6. The lowest BCUT2D eigenvalue weighted by molar-refractivity contribution is -0.138. The molecule has 8 heteroatoms. The highest BCUT2D eigenvalue weighted by Gasteiger charge is 2.40. The molecule has 118 valence electrons. The van der Waals surface area contributed by atoms with E-state index in [2.05, 4.69) is 6.58 Å². The van der Waals surface area contributed by atoms with Crippen molar-refractivity contribution in [2.75, 3.05) is 24.6 Å². The lowest BCUT2D eigenvalue weighted by Gasteiger charge is -2.38. The van der Waals surface area contributed by atoms with Crippen molar-refractivity contribution in [3.63, 3.8) is 0 Å². The molecule has 1 heterocycles. The number of nitrogens with zero attached hydrogens (tertiary/aromatic N) is 2. The van der Waals surface area contributed by atoms with E-state index in [1.165, 1.54) is 4.90 Å². The van der Waals surface area contributed by atoms with Gasteiger partial charge >= 0.3 is 12.0 Å². The van der Waals surface area contributed by atoms with Crippen molar-refractivity contribution in [2.45, 2.75) is 31.3 Å². The minimum Gasteiger partial charge on any atom is -0.481 e. The summed E-state index contributed by atoms with van der Waals surface area (Å²) in [6.07, 6.45) is 3.13. The average Bonchev–Trinajstić information content (AvgIpc) is 3.17. The van der Waals surface area contributed by atoms with Gasteiger partial charge in [0.25, 0.3) is 0 Å². The molecule has 21 heavy (non-hydrogen) atoms. The van der Waals surface area contributed by atoms with E-state index >= 15 is 0 Å². The van der Waals surface area contributed by atoms with Crippen LogP contribution in [0, 0.1) is 0 Å². The van der Waals surface area contributed by atoms with Gasteiger partial charge in [-0.3, -0.25) is 4.79 Å². The van der Waals surface area contributed by atoms with Gasteiger partial charge in [0.2, 0.25) is 0 Å². The molecule has 0 aromatic rings. The smallest absolute Gasteiger partial charge is 0.320 e. The maximum Gasteiger partial charge on any atom is 0.320 e. The first kappa shape index (κ1) is 15.8. The van der Waals surface area contributed by atoms with Crippen molar-refractivity contribution in [3.05, 3.63) is 12.7 Å². The second kappa shape index (κ2) is 6.05. The van der Waals surface area contributed by atoms with Crippen LogP contribution in [0.15, 0.2) is 12.7 Å². The zero-order chi connectivity index (χ0) is 15.6. The Labute approximate surface area is 124 Å². The summed E-state index contributed by atoms with van der Waals surface area (Å²) in [5, 5.41) is 8.94. The lowest BCUT2D eigenvalue weighted by Crippen LogP contribution is -2.56. The summed E-state index contributed by atoms with van der Waals surface area (Å²) >= 11 is 0. The van der Waals surface area contributed by atoms with E-state index < -0.39 is 21.8 Å². The molecule has 1 atom stereocenters. The van der Waals surface area contributed by atoms with Crippen LogP contribution in [-0.2, 0) is 14.6 Å². The van der Waals surface area contributed by atoms with Gasteiger partial charge in [-0.15, -0.1) is 6.58 Å². The molecule has 2 fully saturated rings. The summed E-state index contributed by atoms with van der Waals surface area (Å²) in [6.45, 7) is 4.08. The van der Waals surface area contributed by atoms with Crippen molar-refractivity contribution >= 4 is 21.8 Å². The first-order valence-corrected chi connectivity index (χ1v) is 8.76. The van der Waals surface area contributed by atoms with Gasteiger partial charge in [-0.05, 0) is 12.8 Å². The molecule has 2 amide bonds. The first-order chi connectivity index (χ1) is 9.84. The summed E-state index contributed by atoms with van der Waals surface area (Å²) in [5.41, 5.74) is 0. The number of carbonyl (C=O) groups is 2. The number of sulfone groups is 1. The Morgan fingerprint density at radius 3 is 2.57 bits per heavy atom. The van der Waals surface area contributed by atoms with E-state index in [0.717, 1.165) is 12.8 Å². The highest BCUT2D eigenvalue weighted by molar-refractivity contribution is 7.91. The van der Waals surface area contributed by atoms with Crippen LogP contribution in [-0.4, -0.2) is 72.0 Å². The largest absolute Gasteiger partial charge is 0.481 e. The highest BCUT2D eigenvalue weighted by Crippen LogP contribution is 2.29. The van der Waals surface area contributed by atoms with E-state index in [1.807, 2.05) is 0 Å². The number of carbonyl (C=O) groups excluding carboxylic acids is 1. The molecule has 1 N–H and O–H groups in total. The molecular formula is C13H20N2O5S. The van der Waals surface area contributed by atoms with Crippen LogP contribution in [0.5, 0.6) is 0 Å². The fourth-order valence-electron chi connectivity index (χ4n) is 2.58. The minimum absolute atomic E-state index is 0.0550. The highest BCUT2D eigenvalue weighted by atomic mass is 32.2. The number of carboxylic acids is 1. The van der Waals surface area contributed by atoms with Crippen LogP contribution in [0.2, 0.25) is 0 Å². The number of aliphatic carboxylic acids is 1. The number of amides is 2. The predicted molar refractivity (Wildman–Crippen MR) is 76.7 cm³/mol. The molecule has 0 radical (unpaired) electrons. The van der Waals surface area contributed by atoms with E-state index in [-0.39, 0.29) is 36.5 Å². The molecule has 1 saturated heterocycles. The van der Waals surface area contributed by atoms with Crippen molar-refractivity contribution in [2.24, 2.45) is 0 Å². The molecule has 0 aromatic carbocycles. The number of hydrogen-bond acceptors (Lipinski definition) is 4. The van der Waals surface area contributed by atoms with E-state index in [4.69, 9.17) is 5.11 Å². The Balaban J connectivity index is 2.15. The van der Waals surface area contributed by atoms with Gasteiger partial charge in [-0.1, -0.05) is 6.08 Å². The van der Waals surface area contributed by atoms with Crippen molar-refractivity contribution in [1.29, 1.82) is 0 Å². The summed E-state index contributed by atoms with van der Waals surface area (Å²) in [6, 6.07) is -0.905. The van der Waals surface area contributed by atoms with Gasteiger partial charge in [-0.2, -0.15) is 0 Å². The molecule has 0 bridgehead atoms. The average molecular weight is 316 g/mol. The fraction of sp³-hybridized carbons (Fsp3) is 0.692. The standard InChI is InChI=1S/C13H20N2O5S/c1-2-5-14(10-3-4-10)13(18)15-6-7-21(19,20)9-11(15)8-12(16)17/h2,10-11H,1,3-9H2,(H,16,17). The van der Waals surface area contributed by atoms with Crippen LogP contribution in [0.3, 0.4) is 0 Å². The predicted octanol–water partition coefficient (Wildman–Crippen LogP) is 0.331. The number of rotatable bonds is 5. The molecular weight excluding hydrogens is 296 g/mol. The van der Waals surface area contributed by atoms with Crippen LogP contribution in [0.4, 0.5) is 4.79 Å². The third kappa shape index (κ3) is 3.96. The molecule has 1 aliphatic carbocycles. The molecule has 1 saturated carbocycles. The van der Waals surface area contributed by atoms with Gasteiger partial charge in [0, 0.05) is 19.1 Å². The van der Waals surface area contributed by atoms with Gasteiger partial charge in [0.05, 0.1) is 24.0 Å². The molecule has 0 aromatic heterocycles. The van der Waals surface area contributed by atoms with Crippen LogP contribution in [0.1, 0.15) is 19.3 Å². The SMILES string of the molecule is C=CCN(C(=O)N1CCS(=O)(=O)CC1CC(=O)O)C1CC1. The monoisotopic (exact) mass is 316 g/mol. The van der Waals surface area contributed by atoms with E-state index in [0.29, 0.717) is 6.54 Å². The molecule has 2 rings (SSSR count). The summed E-state index contributed by atoms with van der Waals surface area (Å²) in [4.78, 5) is 26.6. The molecule has 7 nitrogen and oxygen atoms in total. The zero-order valence-electron chi connectivity index (χ0n) is 11.8. The second-order valence-corrected chi connectivity index (χ2v) is 7.74. The Morgan fingerprint density at radius 2 is 2.05 bits per heavy atom. The van der Waals surface area contributed by atoms with Crippen LogP contribution < -0.4 is 0 Å². The molecule has 2 aliphatic rings. The fourth-order valence-corrected chi connectivity index (χ4v) is 4.11. The van der Waals surface area contributed by atoms with Crippen molar-refractivity contribution in [1.82, 2.24) is 9.80 Å². The molecule has 1 unspecified atom stereocenters. The van der Waals surface area contributed by atoms with Crippen molar-refractivity contribution in [3.8, 4) is 0 Å². The summed E-state index contributed by atoms with van der Waals surface area (Å²) in [5.74, 6) is -1.49. The molecule has 0 spiro atoms. The Hall–Kier alpha value is -1.57. The third-order valence-corrected chi connectivity index (χ3v) is 5.44. The quantitative estimate of drug-likeness (QED) is 0.738. The van der Waals surface area contributed by atoms with Gasteiger partial charge in [0.1, 0.15) is 0 Å². The van der Waals surface area contributed by atoms with Gasteiger partial charge in [0.15, 0.2) is 9.84 Å². The normalized spacial score (nSPS) is 24.4. The van der Waals surface area contributed by atoms with Gasteiger partial charge in [-0.25, -0.2) is 13.2 Å². The maximum atomic E-state index is 12.6. The number of urea groups is 1. The topological polar surface area (TPSA) is 95.0 Å². The maximum absolute atomic E-state index is 12.6. The van der Waals surface area contributed by atoms with Crippen LogP contribution in [0.25, 0.3) is 0 Å². The number of carboxylic acid groups (broad SMARTS) is 1. The third-order valence-electron chi connectivity index (χ3n) is 3.75. The van der Waals surface area contributed by atoms with Crippen LogP contribution >= 0.6 is 0 Å². The Kier molecular flexibility index (Phi) is 4.55. The first-order valence-electron chi connectivity index (χ1n) is 6.94. The second-order valence-electron chi connectivity index (χ2n) is 5.51. The lowest BCUT2D eigenvalue weighted by atomic mass is 10.2. The van der Waals surface area contributed by atoms with E-state index in [1.54, 1.807) is 11.0 Å². The molecule has 1 aliphatic heterocycles. The summed E-state index contributed by atoms with van der Waals surface area (Å²) < 4.78 is 23.4. The van der Waals surface area contributed by atoms with Gasteiger partial charge < -0.3 is 14.9 Å². The summed E-state index contributed by atoms with van der Waals surface area (Å²) in [7, 11) is -3.28. The number of hydrogen-bond donors (Lipinski definition) is 1.